The lowest BCUT2D eigenvalue weighted by Crippen LogP contribution is -2.47. The summed E-state index contributed by atoms with van der Waals surface area (Å²) in [6.07, 6.45) is 1.11. The van der Waals surface area contributed by atoms with Crippen LogP contribution in [0.2, 0.25) is 0 Å². The van der Waals surface area contributed by atoms with Gasteiger partial charge in [0, 0.05) is 30.1 Å². The molecule has 0 spiro atoms. The number of carboxylic acids is 1. The third-order valence-corrected chi connectivity index (χ3v) is 4.45. The summed E-state index contributed by atoms with van der Waals surface area (Å²) in [5, 5.41) is 27.2. The molecule has 9 nitrogen and oxygen atoms in total. The second-order valence-corrected chi connectivity index (χ2v) is 5.98. The molecule has 1 aromatic heterocycles. The Kier molecular flexibility index (Phi) is 3.92. The number of carbonyl (C=O) groups is 2. The normalized spacial score (nSPS) is 21.0. The van der Waals surface area contributed by atoms with Crippen LogP contribution in [-0.4, -0.2) is 49.6 Å². The first-order chi connectivity index (χ1) is 11.4. The van der Waals surface area contributed by atoms with E-state index in [1.165, 1.54) is 23.1 Å². The van der Waals surface area contributed by atoms with Gasteiger partial charge in [-0.2, -0.15) is 5.10 Å². The summed E-state index contributed by atoms with van der Waals surface area (Å²) in [6.45, 7) is 1.96. The number of aliphatic carboxylic acids is 1. The van der Waals surface area contributed by atoms with Crippen LogP contribution in [-0.2, 0) is 4.79 Å². The number of hydrogen-bond acceptors (Lipinski definition) is 5. The maximum absolute atomic E-state index is 12.8. The SMILES string of the molecule is CC1CCC(C(=O)O)CN1C(=O)c1n[nH]c2ccc([N+](=O)[O-])cc12. The number of nitro groups is 1. The number of hydrogen-bond donors (Lipinski definition) is 2. The lowest BCUT2D eigenvalue weighted by atomic mass is 9.93. The number of rotatable bonds is 3. The summed E-state index contributed by atoms with van der Waals surface area (Å²) >= 11 is 0. The average molecular weight is 332 g/mol. The topological polar surface area (TPSA) is 129 Å². The van der Waals surface area contributed by atoms with Gasteiger partial charge in [0.25, 0.3) is 11.6 Å². The standard InChI is InChI=1S/C15H16N4O5/c1-8-2-3-9(15(21)22)7-18(8)14(20)13-11-6-10(19(23)24)4-5-12(11)16-17-13/h4-6,8-9H,2-3,7H2,1H3,(H,16,17)(H,21,22). The molecule has 3 rings (SSSR count). The Balaban J connectivity index is 1.96. The highest BCUT2D eigenvalue weighted by Crippen LogP contribution is 2.27. The van der Waals surface area contributed by atoms with E-state index in [1.807, 2.05) is 6.92 Å². The number of aromatic nitrogens is 2. The quantitative estimate of drug-likeness (QED) is 0.651. The van der Waals surface area contributed by atoms with Gasteiger partial charge in [-0.15, -0.1) is 0 Å². The van der Waals surface area contributed by atoms with Gasteiger partial charge in [-0.3, -0.25) is 24.8 Å². The van der Waals surface area contributed by atoms with Crippen LogP contribution >= 0.6 is 0 Å². The van der Waals surface area contributed by atoms with Crippen LogP contribution in [0.15, 0.2) is 18.2 Å². The molecule has 0 bridgehead atoms. The Labute approximate surface area is 136 Å². The van der Waals surface area contributed by atoms with E-state index in [4.69, 9.17) is 0 Å². The van der Waals surface area contributed by atoms with Gasteiger partial charge in [0.05, 0.1) is 16.4 Å². The van der Waals surface area contributed by atoms with Gasteiger partial charge in [0.1, 0.15) is 0 Å². The van der Waals surface area contributed by atoms with E-state index in [2.05, 4.69) is 10.2 Å². The van der Waals surface area contributed by atoms with Crippen molar-refractivity contribution < 1.29 is 19.6 Å². The molecule has 1 fully saturated rings. The molecule has 1 aromatic carbocycles. The molecule has 2 N–H and O–H groups in total. The summed E-state index contributed by atoms with van der Waals surface area (Å²) < 4.78 is 0. The molecule has 126 valence electrons. The fourth-order valence-electron chi connectivity index (χ4n) is 3.01. The van der Waals surface area contributed by atoms with Crippen molar-refractivity contribution in [1.82, 2.24) is 15.1 Å². The Morgan fingerprint density at radius 3 is 2.83 bits per heavy atom. The molecule has 0 saturated carbocycles. The van der Waals surface area contributed by atoms with Crippen LogP contribution in [0.25, 0.3) is 10.9 Å². The number of piperidine rings is 1. The van der Waals surface area contributed by atoms with Crippen molar-refractivity contribution in [3.63, 3.8) is 0 Å². The van der Waals surface area contributed by atoms with E-state index < -0.39 is 22.7 Å². The number of benzene rings is 1. The van der Waals surface area contributed by atoms with Gasteiger partial charge >= 0.3 is 5.97 Å². The molecule has 0 aliphatic carbocycles. The predicted molar refractivity (Wildman–Crippen MR) is 83.6 cm³/mol. The highest BCUT2D eigenvalue weighted by molar-refractivity contribution is 6.05. The molecule has 1 aliphatic rings. The number of fused-ring (bicyclic) bond motifs is 1. The van der Waals surface area contributed by atoms with E-state index in [0.717, 1.165) is 0 Å². The minimum absolute atomic E-state index is 0.0755. The smallest absolute Gasteiger partial charge is 0.308 e. The summed E-state index contributed by atoms with van der Waals surface area (Å²) in [7, 11) is 0. The molecule has 0 radical (unpaired) electrons. The number of nitrogens with zero attached hydrogens (tertiary/aromatic N) is 3. The Bertz CT molecular complexity index is 830. The number of carboxylic acid groups (broad SMARTS) is 1. The summed E-state index contributed by atoms with van der Waals surface area (Å²) in [5.74, 6) is -1.95. The monoisotopic (exact) mass is 332 g/mol. The Morgan fingerprint density at radius 1 is 1.42 bits per heavy atom. The average Bonchev–Trinajstić information content (AvgIpc) is 2.97. The molecule has 9 heteroatoms. The lowest BCUT2D eigenvalue weighted by molar-refractivity contribution is -0.384. The second kappa shape index (κ2) is 5.91. The van der Waals surface area contributed by atoms with Crippen LogP contribution in [0.3, 0.4) is 0 Å². The van der Waals surface area contributed by atoms with Gasteiger partial charge < -0.3 is 10.0 Å². The number of non-ortho nitro benzene ring substituents is 1. The fourth-order valence-corrected chi connectivity index (χ4v) is 3.01. The molecule has 1 aliphatic heterocycles. The van der Waals surface area contributed by atoms with Crippen LogP contribution in [0.5, 0.6) is 0 Å². The van der Waals surface area contributed by atoms with Gasteiger partial charge in [0.2, 0.25) is 0 Å². The molecule has 1 amide bonds. The number of H-pyrrole nitrogens is 1. The second-order valence-electron chi connectivity index (χ2n) is 5.98. The zero-order valence-electron chi connectivity index (χ0n) is 12.9. The number of aromatic amines is 1. The highest BCUT2D eigenvalue weighted by atomic mass is 16.6. The third-order valence-electron chi connectivity index (χ3n) is 4.45. The number of nitrogens with one attached hydrogen (secondary N) is 1. The van der Waals surface area contributed by atoms with E-state index in [-0.39, 0.29) is 24.0 Å². The molecular formula is C15H16N4O5. The third kappa shape index (κ3) is 2.68. The first-order valence-corrected chi connectivity index (χ1v) is 7.54. The van der Waals surface area contributed by atoms with Crippen LogP contribution in [0, 0.1) is 16.0 Å². The zero-order chi connectivity index (χ0) is 17.4. The van der Waals surface area contributed by atoms with Crippen LogP contribution in [0.4, 0.5) is 5.69 Å². The van der Waals surface area contributed by atoms with E-state index in [9.17, 15) is 24.8 Å². The fraction of sp³-hybridized carbons (Fsp3) is 0.400. The largest absolute Gasteiger partial charge is 0.481 e. The van der Waals surface area contributed by atoms with Crippen molar-refractivity contribution in [2.75, 3.05) is 6.54 Å². The minimum Gasteiger partial charge on any atom is -0.481 e. The highest BCUT2D eigenvalue weighted by Gasteiger charge is 2.34. The van der Waals surface area contributed by atoms with Crippen molar-refractivity contribution in [3.8, 4) is 0 Å². The first-order valence-electron chi connectivity index (χ1n) is 7.54. The Hall–Kier alpha value is -2.97. The number of likely N-dealkylation sites (tertiary alicyclic amines) is 1. The molecule has 2 aromatic rings. The number of nitro benzene ring substituents is 1. The molecule has 2 unspecified atom stereocenters. The minimum atomic E-state index is -0.928. The lowest BCUT2D eigenvalue weighted by Gasteiger charge is -2.36. The van der Waals surface area contributed by atoms with Crippen molar-refractivity contribution >= 4 is 28.5 Å². The number of carbonyl (C=O) groups excluding carboxylic acids is 1. The van der Waals surface area contributed by atoms with E-state index >= 15 is 0 Å². The molecular weight excluding hydrogens is 316 g/mol. The van der Waals surface area contributed by atoms with Crippen molar-refractivity contribution in [2.24, 2.45) is 5.92 Å². The van der Waals surface area contributed by atoms with E-state index in [0.29, 0.717) is 23.7 Å². The predicted octanol–water partition coefficient (Wildman–Crippen LogP) is 1.80. The molecule has 1 saturated heterocycles. The van der Waals surface area contributed by atoms with Crippen LogP contribution < -0.4 is 0 Å². The summed E-state index contributed by atoms with van der Waals surface area (Å²) in [6, 6.07) is 4.02. The molecule has 24 heavy (non-hydrogen) atoms. The van der Waals surface area contributed by atoms with Gasteiger partial charge in [-0.25, -0.2) is 0 Å². The van der Waals surface area contributed by atoms with Crippen molar-refractivity contribution in [3.05, 3.63) is 34.0 Å². The van der Waals surface area contributed by atoms with Crippen molar-refractivity contribution in [2.45, 2.75) is 25.8 Å². The molecule has 2 atom stereocenters. The van der Waals surface area contributed by atoms with Crippen LogP contribution in [0.1, 0.15) is 30.3 Å². The first kappa shape index (κ1) is 15.9. The summed E-state index contributed by atoms with van der Waals surface area (Å²) in [5.41, 5.74) is 0.461. The Morgan fingerprint density at radius 2 is 2.17 bits per heavy atom. The zero-order valence-corrected chi connectivity index (χ0v) is 12.9. The number of amides is 1. The van der Waals surface area contributed by atoms with Gasteiger partial charge in [0.15, 0.2) is 5.69 Å². The van der Waals surface area contributed by atoms with Gasteiger partial charge in [-0.1, -0.05) is 0 Å². The maximum Gasteiger partial charge on any atom is 0.308 e. The van der Waals surface area contributed by atoms with Gasteiger partial charge in [-0.05, 0) is 25.8 Å². The maximum atomic E-state index is 12.8. The van der Waals surface area contributed by atoms with Crippen molar-refractivity contribution in [1.29, 1.82) is 0 Å². The molecule has 2 heterocycles. The summed E-state index contributed by atoms with van der Waals surface area (Å²) in [4.78, 5) is 35.9. The van der Waals surface area contributed by atoms with E-state index in [1.54, 1.807) is 0 Å².